The average molecular weight is 386 g/mol. The Morgan fingerprint density at radius 2 is 1.92 bits per heavy atom. The molecule has 0 bridgehead atoms. The molecule has 10 heteroatoms. The van der Waals surface area contributed by atoms with E-state index in [9.17, 15) is 19.5 Å². The third-order valence-electron chi connectivity index (χ3n) is 3.51. The van der Waals surface area contributed by atoms with E-state index in [0.717, 1.165) is 12.8 Å². The van der Waals surface area contributed by atoms with Crippen LogP contribution in [0.5, 0.6) is 5.75 Å². The lowest BCUT2D eigenvalue weighted by Crippen LogP contribution is -2.36. The van der Waals surface area contributed by atoms with E-state index >= 15 is 0 Å². The van der Waals surface area contributed by atoms with E-state index in [-0.39, 0.29) is 24.1 Å². The highest BCUT2D eigenvalue weighted by Gasteiger charge is 2.35. The topological polar surface area (TPSA) is 117 Å². The number of carbonyl (C=O) groups excluding carboxylic acids is 1. The number of nitrogens with zero attached hydrogens (tertiary/aromatic N) is 1. The van der Waals surface area contributed by atoms with Gasteiger partial charge in [0, 0.05) is 12.1 Å². The minimum absolute atomic E-state index is 0.118. The summed E-state index contributed by atoms with van der Waals surface area (Å²) in [5, 5.41) is 13.3. The Labute approximate surface area is 151 Å². The quantitative estimate of drug-likeness (QED) is 0.281. The van der Waals surface area contributed by atoms with Crippen LogP contribution in [0.3, 0.4) is 0 Å². The SMILES string of the molecule is CC(C)OC(=O)[C@H](C)NP(=O)(OCC1CC1)Oc1ccc([N+](=O)[O-])cc1. The van der Waals surface area contributed by atoms with Crippen LogP contribution < -0.4 is 9.61 Å². The Bertz CT molecular complexity index is 688. The number of carbonyl (C=O) groups is 1. The van der Waals surface area contributed by atoms with E-state index in [0.29, 0.717) is 5.92 Å². The second kappa shape index (κ2) is 8.62. The van der Waals surface area contributed by atoms with E-state index in [4.69, 9.17) is 13.8 Å². The van der Waals surface area contributed by atoms with Crippen molar-refractivity contribution in [2.45, 2.75) is 45.8 Å². The minimum Gasteiger partial charge on any atom is -0.462 e. The van der Waals surface area contributed by atoms with Crippen LogP contribution in [-0.4, -0.2) is 29.6 Å². The van der Waals surface area contributed by atoms with E-state index in [2.05, 4.69) is 5.09 Å². The van der Waals surface area contributed by atoms with E-state index in [1.807, 2.05) is 0 Å². The first-order chi connectivity index (χ1) is 12.2. The third-order valence-corrected chi connectivity index (χ3v) is 5.15. The number of esters is 1. The third kappa shape index (κ3) is 6.40. The van der Waals surface area contributed by atoms with Crippen molar-refractivity contribution in [1.82, 2.24) is 5.09 Å². The molecule has 0 saturated heterocycles. The molecule has 1 aromatic rings. The van der Waals surface area contributed by atoms with Crippen LogP contribution >= 0.6 is 7.75 Å². The zero-order valence-corrected chi connectivity index (χ0v) is 15.8. The molecule has 0 aliphatic heterocycles. The Hall–Kier alpha value is -1.96. The lowest BCUT2D eigenvalue weighted by molar-refractivity contribution is -0.384. The smallest absolute Gasteiger partial charge is 0.459 e. The molecule has 26 heavy (non-hydrogen) atoms. The maximum atomic E-state index is 13.0. The number of ether oxygens (including phenoxy) is 1. The number of hydrogen-bond acceptors (Lipinski definition) is 7. The van der Waals surface area contributed by atoms with Gasteiger partial charge in [-0.1, -0.05) is 0 Å². The minimum atomic E-state index is -3.87. The van der Waals surface area contributed by atoms with Crippen molar-refractivity contribution in [3.8, 4) is 5.75 Å². The monoisotopic (exact) mass is 386 g/mol. The van der Waals surface area contributed by atoms with Gasteiger partial charge in [-0.3, -0.25) is 19.4 Å². The summed E-state index contributed by atoms with van der Waals surface area (Å²) in [6.07, 6.45) is 1.67. The van der Waals surface area contributed by atoms with E-state index in [1.54, 1.807) is 13.8 Å². The summed E-state index contributed by atoms with van der Waals surface area (Å²) in [7, 11) is -3.87. The fraction of sp³-hybridized carbons (Fsp3) is 0.562. The summed E-state index contributed by atoms with van der Waals surface area (Å²) in [5.74, 6) is -0.127. The largest absolute Gasteiger partial charge is 0.462 e. The first-order valence-electron chi connectivity index (χ1n) is 8.35. The summed E-state index contributed by atoms with van der Waals surface area (Å²) >= 11 is 0. The summed E-state index contributed by atoms with van der Waals surface area (Å²) in [6.45, 7) is 5.16. The van der Waals surface area contributed by atoms with Crippen LogP contribution in [0, 0.1) is 16.0 Å². The lowest BCUT2D eigenvalue weighted by Gasteiger charge is -2.23. The first kappa shape index (κ1) is 20.4. The van der Waals surface area contributed by atoms with E-state index in [1.165, 1.54) is 31.2 Å². The number of nitro groups is 1. The second-order valence-electron chi connectivity index (χ2n) is 6.42. The van der Waals surface area contributed by atoms with Crippen molar-refractivity contribution in [3.05, 3.63) is 34.4 Å². The molecule has 9 nitrogen and oxygen atoms in total. The zero-order chi connectivity index (χ0) is 19.3. The average Bonchev–Trinajstić information content (AvgIpc) is 3.37. The molecule has 0 amide bonds. The number of rotatable bonds is 10. The maximum Gasteiger partial charge on any atom is 0.459 e. The summed E-state index contributed by atoms with van der Waals surface area (Å²) in [5.41, 5.74) is -0.118. The fourth-order valence-electron chi connectivity index (χ4n) is 1.97. The van der Waals surface area contributed by atoms with Crippen molar-refractivity contribution in [2.75, 3.05) is 6.61 Å². The highest BCUT2D eigenvalue weighted by atomic mass is 31.2. The van der Waals surface area contributed by atoms with Crippen molar-refractivity contribution in [1.29, 1.82) is 0 Å². The van der Waals surface area contributed by atoms with Crippen molar-refractivity contribution in [2.24, 2.45) is 5.92 Å². The van der Waals surface area contributed by atoms with Gasteiger partial charge in [-0.25, -0.2) is 4.57 Å². The van der Waals surface area contributed by atoms with Crippen LogP contribution in [0.25, 0.3) is 0 Å². The standard InChI is InChI=1S/C16H23N2O7P/c1-11(2)24-16(19)12(3)17-26(22,23-10-13-4-5-13)25-15-8-6-14(7-9-15)18(20)21/h6-9,11-13H,4-5,10H2,1-3H3,(H,17,22)/t12-,26?/m0/s1. The van der Waals surface area contributed by atoms with Crippen LogP contribution in [0.2, 0.25) is 0 Å². The molecule has 0 aromatic heterocycles. The molecule has 1 saturated carbocycles. The van der Waals surface area contributed by atoms with Gasteiger partial charge in [-0.15, -0.1) is 0 Å². The summed E-state index contributed by atoms with van der Waals surface area (Å²) in [6, 6.07) is 4.20. The predicted molar refractivity (Wildman–Crippen MR) is 93.8 cm³/mol. The number of non-ortho nitro benzene ring substituents is 1. The predicted octanol–water partition coefficient (Wildman–Crippen LogP) is 3.44. The Balaban J connectivity index is 2.08. The summed E-state index contributed by atoms with van der Waals surface area (Å²) < 4.78 is 29.0. The maximum absolute atomic E-state index is 13.0. The number of benzene rings is 1. The van der Waals surface area contributed by atoms with Crippen LogP contribution in [0.4, 0.5) is 5.69 Å². The van der Waals surface area contributed by atoms with Gasteiger partial charge in [0.05, 0.1) is 17.6 Å². The fourth-order valence-corrected chi connectivity index (χ4v) is 3.54. The summed E-state index contributed by atoms with van der Waals surface area (Å²) in [4.78, 5) is 22.1. The number of nitro benzene ring substituents is 1. The zero-order valence-electron chi connectivity index (χ0n) is 14.9. The first-order valence-corrected chi connectivity index (χ1v) is 9.90. The van der Waals surface area contributed by atoms with Crippen LogP contribution in [0.1, 0.15) is 33.6 Å². The van der Waals surface area contributed by atoms with Crippen LogP contribution in [0.15, 0.2) is 24.3 Å². The van der Waals surface area contributed by atoms with Gasteiger partial charge in [0.1, 0.15) is 11.8 Å². The van der Waals surface area contributed by atoms with Gasteiger partial charge >= 0.3 is 13.7 Å². The molecule has 1 aromatic carbocycles. The molecular weight excluding hydrogens is 363 g/mol. The Kier molecular flexibility index (Phi) is 6.75. The second-order valence-corrected chi connectivity index (χ2v) is 8.11. The van der Waals surface area contributed by atoms with Gasteiger partial charge in [0.15, 0.2) is 0 Å². The van der Waals surface area contributed by atoms with Crippen molar-refractivity contribution >= 4 is 19.4 Å². The molecule has 2 rings (SSSR count). The number of hydrogen-bond donors (Lipinski definition) is 1. The molecule has 2 atom stereocenters. The van der Waals surface area contributed by atoms with Gasteiger partial charge in [-0.05, 0) is 51.7 Å². The molecule has 0 spiro atoms. The highest BCUT2D eigenvalue weighted by Crippen LogP contribution is 2.47. The Morgan fingerprint density at radius 3 is 2.42 bits per heavy atom. The normalized spacial score (nSPS) is 17.4. The molecule has 1 fully saturated rings. The molecular formula is C16H23N2O7P. The van der Waals surface area contributed by atoms with Gasteiger partial charge in [0.2, 0.25) is 0 Å². The molecule has 144 valence electrons. The molecule has 1 aliphatic rings. The van der Waals surface area contributed by atoms with Crippen LogP contribution in [-0.2, 0) is 18.6 Å². The van der Waals surface area contributed by atoms with Crippen molar-refractivity contribution < 1.29 is 28.1 Å². The Morgan fingerprint density at radius 1 is 1.31 bits per heavy atom. The molecule has 1 aliphatic carbocycles. The molecule has 1 N–H and O–H groups in total. The lowest BCUT2D eigenvalue weighted by atomic mass is 10.3. The highest BCUT2D eigenvalue weighted by molar-refractivity contribution is 7.52. The molecule has 1 unspecified atom stereocenters. The molecule has 0 radical (unpaired) electrons. The van der Waals surface area contributed by atoms with E-state index < -0.39 is 24.7 Å². The van der Waals surface area contributed by atoms with Gasteiger partial charge < -0.3 is 9.26 Å². The van der Waals surface area contributed by atoms with Crippen molar-refractivity contribution in [3.63, 3.8) is 0 Å². The van der Waals surface area contributed by atoms with Gasteiger partial charge in [0.25, 0.3) is 5.69 Å². The molecule has 0 heterocycles. The number of nitrogens with one attached hydrogen (secondary N) is 1. The van der Waals surface area contributed by atoms with Gasteiger partial charge in [-0.2, -0.15) is 5.09 Å².